The van der Waals surface area contributed by atoms with Crippen molar-refractivity contribution in [1.29, 1.82) is 0 Å². The smallest absolute Gasteiger partial charge is 0.335 e. The normalized spacial score (nSPS) is 13.3. The number of rotatable bonds is 8. The highest BCUT2D eigenvalue weighted by atomic mass is 32.1. The summed E-state index contributed by atoms with van der Waals surface area (Å²) >= 11 is 1.76. The number of nitrogens with zero attached hydrogens (tertiary/aromatic N) is 1. The molecule has 0 saturated carbocycles. The van der Waals surface area contributed by atoms with E-state index in [2.05, 4.69) is 61.4 Å². The summed E-state index contributed by atoms with van der Waals surface area (Å²) in [6.45, 7) is 9.13. The van der Waals surface area contributed by atoms with Crippen LogP contribution in [0.15, 0.2) is 97.7 Å². The van der Waals surface area contributed by atoms with E-state index in [0.717, 1.165) is 45.4 Å². The summed E-state index contributed by atoms with van der Waals surface area (Å²) in [4.78, 5) is 15.2. The number of allylic oxidation sites excluding steroid dienone is 1. The average molecular weight is 510 g/mol. The van der Waals surface area contributed by atoms with Crippen molar-refractivity contribution in [2.75, 3.05) is 4.90 Å². The Balaban J connectivity index is 1.51. The molecule has 1 aliphatic rings. The number of anilines is 2. The zero-order valence-corrected chi connectivity index (χ0v) is 21.3. The van der Waals surface area contributed by atoms with Crippen LogP contribution in [0, 0.1) is 6.92 Å². The summed E-state index contributed by atoms with van der Waals surface area (Å²) < 4.78 is 10.8. The molecule has 0 fully saturated rings. The van der Waals surface area contributed by atoms with Crippen LogP contribution in [0.2, 0.25) is 0 Å². The first-order chi connectivity index (χ1) is 17.9. The van der Waals surface area contributed by atoms with E-state index in [0.29, 0.717) is 11.5 Å². The van der Waals surface area contributed by atoms with Gasteiger partial charge in [0, 0.05) is 22.3 Å². The standard InChI is InChI=1S/C31H27NO4S/c1-4-30(33)35-27-13-9-21-16-25(11-7-23(21)18-27)32(29-15-6-20(3)37-29)26-12-8-24-19-28(36-31(34)5-2)14-10-22(24)17-26/h4-7,9-11,13-19,30,33H,1-2,8,12H2,3H3. The molecule has 4 aromatic rings. The van der Waals surface area contributed by atoms with E-state index in [9.17, 15) is 9.90 Å². The molecule has 5 rings (SSSR count). The molecule has 0 saturated heterocycles. The molecule has 5 nitrogen and oxygen atoms in total. The number of thiophene rings is 1. The van der Waals surface area contributed by atoms with Crippen LogP contribution in [0.5, 0.6) is 11.5 Å². The maximum atomic E-state index is 11.6. The van der Waals surface area contributed by atoms with E-state index in [-0.39, 0.29) is 0 Å². The molecule has 1 aliphatic carbocycles. The number of carbonyl (C=O) groups is 1. The third-order valence-electron chi connectivity index (χ3n) is 6.22. The fourth-order valence-corrected chi connectivity index (χ4v) is 5.36. The van der Waals surface area contributed by atoms with Crippen LogP contribution in [-0.2, 0) is 11.2 Å². The lowest BCUT2D eigenvalue weighted by molar-refractivity contribution is -0.128. The van der Waals surface area contributed by atoms with Gasteiger partial charge in [0.05, 0.1) is 5.00 Å². The van der Waals surface area contributed by atoms with Crippen LogP contribution in [-0.4, -0.2) is 17.4 Å². The Morgan fingerprint density at radius 3 is 2.54 bits per heavy atom. The zero-order chi connectivity index (χ0) is 25.9. The summed E-state index contributed by atoms with van der Waals surface area (Å²) in [6.07, 6.45) is 5.36. The van der Waals surface area contributed by atoms with Gasteiger partial charge in [-0.05, 0) is 102 Å². The molecule has 1 heterocycles. The van der Waals surface area contributed by atoms with Gasteiger partial charge in [0.1, 0.15) is 11.5 Å². The van der Waals surface area contributed by atoms with E-state index >= 15 is 0 Å². The number of aliphatic hydroxyl groups excluding tert-OH is 1. The van der Waals surface area contributed by atoms with Gasteiger partial charge >= 0.3 is 5.97 Å². The van der Waals surface area contributed by atoms with E-state index in [1.807, 2.05) is 36.4 Å². The highest BCUT2D eigenvalue weighted by Crippen LogP contribution is 2.40. The molecule has 1 unspecified atom stereocenters. The van der Waals surface area contributed by atoms with Crippen LogP contribution >= 0.6 is 11.3 Å². The zero-order valence-electron chi connectivity index (χ0n) is 20.5. The number of ether oxygens (including phenoxy) is 2. The van der Waals surface area contributed by atoms with Crippen LogP contribution in [0.3, 0.4) is 0 Å². The molecule has 6 heteroatoms. The van der Waals surface area contributed by atoms with Gasteiger partial charge in [-0.2, -0.15) is 0 Å². The second kappa shape index (κ2) is 10.5. The average Bonchev–Trinajstić information content (AvgIpc) is 3.34. The second-order valence-corrected chi connectivity index (χ2v) is 10.0. The van der Waals surface area contributed by atoms with Gasteiger partial charge in [0.2, 0.25) is 6.29 Å². The topological polar surface area (TPSA) is 59.0 Å². The minimum absolute atomic E-state index is 0.460. The second-order valence-electron chi connectivity index (χ2n) is 8.78. The van der Waals surface area contributed by atoms with E-state index in [1.54, 1.807) is 11.3 Å². The van der Waals surface area contributed by atoms with Crippen molar-refractivity contribution >= 4 is 44.8 Å². The molecule has 0 amide bonds. The molecule has 0 spiro atoms. The van der Waals surface area contributed by atoms with Gasteiger partial charge in [0.25, 0.3) is 0 Å². The Morgan fingerprint density at radius 2 is 1.78 bits per heavy atom. The van der Waals surface area contributed by atoms with Crippen LogP contribution in [0.1, 0.15) is 22.4 Å². The highest BCUT2D eigenvalue weighted by molar-refractivity contribution is 7.16. The van der Waals surface area contributed by atoms with Crippen LogP contribution in [0.25, 0.3) is 16.8 Å². The third kappa shape index (κ3) is 5.35. The van der Waals surface area contributed by atoms with Gasteiger partial charge in [0.15, 0.2) is 0 Å². The number of aliphatic hydroxyl groups is 1. The molecular weight excluding hydrogens is 482 g/mol. The number of hydrogen-bond acceptors (Lipinski definition) is 6. The van der Waals surface area contributed by atoms with Crippen molar-refractivity contribution in [2.45, 2.75) is 26.1 Å². The molecule has 37 heavy (non-hydrogen) atoms. The van der Waals surface area contributed by atoms with E-state index < -0.39 is 12.3 Å². The first-order valence-electron chi connectivity index (χ1n) is 12.0. The number of fused-ring (bicyclic) bond motifs is 2. The maximum absolute atomic E-state index is 11.6. The molecule has 186 valence electrons. The fraction of sp³-hybridized carbons (Fsp3) is 0.129. The maximum Gasteiger partial charge on any atom is 0.335 e. The van der Waals surface area contributed by atoms with Gasteiger partial charge in [-0.25, -0.2) is 4.79 Å². The minimum Gasteiger partial charge on any atom is -0.461 e. The van der Waals surface area contributed by atoms with Crippen LogP contribution in [0.4, 0.5) is 10.7 Å². The number of carbonyl (C=O) groups excluding carboxylic acids is 1. The fourth-order valence-electron chi connectivity index (χ4n) is 4.44. The Bertz CT molecular complexity index is 1530. The third-order valence-corrected chi connectivity index (χ3v) is 7.20. The summed E-state index contributed by atoms with van der Waals surface area (Å²) in [5.41, 5.74) is 4.52. The van der Waals surface area contributed by atoms with Gasteiger partial charge in [-0.1, -0.05) is 31.4 Å². The SMILES string of the molecule is C=CC(=O)Oc1ccc2c(c1)CCC(N(c1ccc3cc(OC(O)C=C)ccc3c1)c1ccc(C)s1)=C2. The molecule has 0 aliphatic heterocycles. The van der Waals surface area contributed by atoms with Crippen molar-refractivity contribution in [2.24, 2.45) is 0 Å². The Morgan fingerprint density at radius 1 is 1.00 bits per heavy atom. The van der Waals surface area contributed by atoms with Gasteiger partial charge < -0.3 is 19.5 Å². The molecule has 1 atom stereocenters. The monoisotopic (exact) mass is 509 g/mol. The summed E-state index contributed by atoms with van der Waals surface area (Å²) in [5.74, 6) is 0.658. The molecule has 1 N–H and O–H groups in total. The van der Waals surface area contributed by atoms with Crippen molar-refractivity contribution in [3.8, 4) is 11.5 Å². The predicted octanol–water partition coefficient (Wildman–Crippen LogP) is 7.31. The van der Waals surface area contributed by atoms with Crippen LogP contribution < -0.4 is 14.4 Å². The summed E-state index contributed by atoms with van der Waals surface area (Å²) in [6, 6.07) is 22.2. The molecule has 0 radical (unpaired) electrons. The first-order valence-corrected chi connectivity index (χ1v) is 12.8. The lowest BCUT2D eigenvalue weighted by atomic mass is 9.94. The minimum atomic E-state index is -1.04. The quantitative estimate of drug-likeness (QED) is 0.0887. The predicted molar refractivity (Wildman–Crippen MR) is 151 cm³/mol. The number of hydrogen-bond donors (Lipinski definition) is 1. The largest absolute Gasteiger partial charge is 0.461 e. The van der Waals surface area contributed by atoms with Crippen molar-refractivity contribution in [3.05, 3.63) is 114 Å². The number of esters is 1. The van der Waals surface area contributed by atoms with Gasteiger partial charge in [-0.3, -0.25) is 0 Å². The lowest BCUT2D eigenvalue weighted by Crippen LogP contribution is -2.18. The molecular formula is C31H27NO4S. The molecule has 0 bridgehead atoms. The Kier molecular flexibility index (Phi) is 6.95. The van der Waals surface area contributed by atoms with E-state index in [1.165, 1.54) is 22.7 Å². The van der Waals surface area contributed by atoms with Crippen molar-refractivity contribution < 1.29 is 19.4 Å². The van der Waals surface area contributed by atoms with Crippen molar-refractivity contribution in [3.63, 3.8) is 0 Å². The highest BCUT2D eigenvalue weighted by Gasteiger charge is 2.21. The summed E-state index contributed by atoms with van der Waals surface area (Å²) in [7, 11) is 0. The van der Waals surface area contributed by atoms with Crippen molar-refractivity contribution in [1.82, 2.24) is 0 Å². The molecule has 1 aromatic heterocycles. The Labute approximate surface area is 220 Å². The number of benzene rings is 3. The van der Waals surface area contributed by atoms with Gasteiger partial charge in [-0.15, -0.1) is 11.3 Å². The Hall–Kier alpha value is -4.13. The van der Waals surface area contributed by atoms with E-state index in [4.69, 9.17) is 9.47 Å². The number of aryl methyl sites for hydroxylation is 2. The molecule has 3 aromatic carbocycles. The summed E-state index contributed by atoms with van der Waals surface area (Å²) in [5, 5.41) is 13.0. The lowest BCUT2D eigenvalue weighted by Gasteiger charge is -2.29. The first kappa shape index (κ1) is 24.6.